The van der Waals surface area contributed by atoms with E-state index in [2.05, 4.69) is 10.6 Å². The lowest BCUT2D eigenvalue weighted by Gasteiger charge is -2.09. The zero-order valence-corrected chi connectivity index (χ0v) is 11.0. The van der Waals surface area contributed by atoms with Crippen LogP contribution in [0.25, 0.3) is 0 Å². The number of hydrogen-bond donors (Lipinski definition) is 3. The van der Waals surface area contributed by atoms with Crippen LogP contribution < -0.4 is 16.4 Å². The zero-order valence-electron chi connectivity index (χ0n) is 11.0. The third kappa shape index (κ3) is 4.57. The highest BCUT2D eigenvalue weighted by Crippen LogP contribution is 2.15. The maximum atomic E-state index is 13.2. The van der Waals surface area contributed by atoms with Crippen molar-refractivity contribution in [1.82, 2.24) is 10.6 Å². The molecule has 0 radical (unpaired) electrons. The summed E-state index contributed by atoms with van der Waals surface area (Å²) in [6.45, 7) is 4.30. The first-order chi connectivity index (χ1) is 8.91. The summed E-state index contributed by atoms with van der Waals surface area (Å²) in [7, 11) is 0. The lowest BCUT2D eigenvalue weighted by atomic mass is 10.1. The first-order valence-corrected chi connectivity index (χ1v) is 6.00. The van der Waals surface area contributed by atoms with E-state index in [0.717, 1.165) is 0 Å². The number of para-hydroxylation sites is 1. The molecule has 0 heterocycles. The van der Waals surface area contributed by atoms with Gasteiger partial charge in [-0.2, -0.15) is 0 Å². The van der Waals surface area contributed by atoms with Crippen LogP contribution in [0.5, 0.6) is 0 Å². The Morgan fingerprint density at radius 1 is 1.32 bits per heavy atom. The van der Waals surface area contributed by atoms with Gasteiger partial charge in [0.1, 0.15) is 5.82 Å². The molecule has 0 aliphatic carbocycles. The largest absolute Gasteiger partial charge is 0.396 e. The molecule has 4 N–H and O–H groups in total. The van der Waals surface area contributed by atoms with Crippen LogP contribution >= 0.6 is 0 Å². The number of nitrogen functional groups attached to an aromatic ring is 1. The number of halogens is 1. The van der Waals surface area contributed by atoms with Crippen molar-refractivity contribution in [3.05, 3.63) is 29.6 Å². The summed E-state index contributed by atoms with van der Waals surface area (Å²) in [4.78, 5) is 23.1. The fourth-order valence-electron chi connectivity index (χ4n) is 1.37. The van der Waals surface area contributed by atoms with Gasteiger partial charge < -0.3 is 16.4 Å². The molecule has 2 amide bonds. The second kappa shape index (κ2) is 6.72. The number of nitrogens with one attached hydrogen (secondary N) is 2. The van der Waals surface area contributed by atoms with Gasteiger partial charge in [0.2, 0.25) is 5.91 Å². The number of hydrogen-bond acceptors (Lipinski definition) is 3. The van der Waals surface area contributed by atoms with E-state index in [1.54, 1.807) is 0 Å². The minimum Gasteiger partial charge on any atom is -0.396 e. The molecule has 0 aromatic heterocycles. The number of amides is 2. The van der Waals surface area contributed by atoms with Crippen molar-refractivity contribution < 1.29 is 14.0 Å². The maximum Gasteiger partial charge on any atom is 0.253 e. The minimum absolute atomic E-state index is 0.0247. The van der Waals surface area contributed by atoms with E-state index < -0.39 is 11.7 Å². The van der Waals surface area contributed by atoms with Gasteiger partial charge in [0.25, 0.3) is 5.91 Å². The first kappa shape index (κ1) is 14.9. The summed E-state index contributed by atoms with van der Waals surface area (Å²) < 4.78 is 13.2. The standard InChI is InChI=1S/C13H18FN3O2/c1-8(2)6-16-11(18)7-17-13(19)9-4-3-5-10(14)12(9)15/h3-5,8H,6-7,15H2,1-2H3,(H,16,18)(H,17,19). The summed E-state index contributed by atoms with van der Waals surface area (Å²) >= 11 is 0. The monoisotopic (exact) mass is 267 g/mol. The summed E-state index contributed by atoms with van der Waals surface area (Å²) in [6, 6.07) is 3.96. The van der Waals surface area contributed by atoms with Crippen molar-refractivity contribution in [3.63, 3.8) is 0 Å². The van der Waals surface area contributed by atoms with Crippen LogP contribution in [-0.2, 0) is 4.79 Å². The Hall–Kier alpha value is -2.11. The molecule has 1 aromatic carbocycles. The minimum atomic E-state index is -0.656. The molecule has 1 rings (SSSR count). The molecule has 19 heavy (non-hydrogen) atoms. The summed E-state index contributed by atoms with van der Waals surface area (Å²) in [5.74, 6) is -1.19. The number of carbonyl (C=O) groups is 2. The Morgan fingerprint density at radius 3 is 2.63 bits per heavy atom. The highest BCUT2D eigenvalue weighted by atomic mass is 19.1. The van der Waals surface area contributed by atoms with Gasteiger partial charge >= 0.3 is 0 Å². The Bertz CT molecular complexity index is 475. The molecule has 0 spiro atoms. The summed E-state index contributed by atoms with van der Waals surface area (Å²) in [5.41, 5.74) is 5.26. The average Bonchev–Trinajstić information content (AvgIpc) is 2.36. The summed E-state index contributed by atoms with van der Waals surface area (Å²) in [6.07, 6.45) is 0. The molecular formula is C13H18FN3O2. The Labute approximate surface area is 111 Å². The van der Waals surface area contributed by atoms with Gasteiger partial charge in [0.15, 0.2) is 0 Å². The molecule has 0 unspecified atom stereocenters. The quantitative estimate of drug-likeness (QED) is 0.693. The third-order valence-corrected chi connectivity index (χ3v) is 2.41. The molecular weight excluding hydrogens is 249 g/mol. The molecule has 0 fully saturated rings. The Kier molecular flexibility index (Phi) is 5.29. The van der Waals surface area contributed by atoms with Crippen molar-refractivity contribution in [3.8, 4) is 0 Å². The summed E-state index contributed by atoms with van der Waals surface area (Å²) in [5, 5.41) is 5.05. The fraction of sp³-hybridized carbons (Fsp3) is 0.385. The van der Waals surface area contributed by atoms with E-state index in [0.29, 0.717) is 12.5 Å². The van der Waals surface area contributed by atoms with Gasteiger partial charge in [-0.1, -0.05) is 19.9 Å². The Morgan fingerprint density at radius 2 is 2.00 bits per heavy atom. The number of carbonyl (C=O) groups excluding carboxylic acids is 2. The number of nitrogens with two attached hydrogens (primary N) is 1. The van der Waals surface area contributed by atoms with Crippen LogP contribution in [0.2, 0.25) is 0 Å². The number of anilines is 1. The lowest BCUT2D eigenvalue weighted by Crippen LogP contribution is -2.38. The zero-order chi connectivity index (χ0) is 14.4. The van der Waals surface area contributed by atoms with Gasteiger partial charge in [0.05, 0.1) is 17.8 Å². The van der Waals surface area contributed by atoms with Gasteiger partial charge in [-0.3, -0.25) is 9.59 Å². The predicted octanol–water partition coefficient (Wildman–Crippen LogP) is 0.910. The second-order valence-corrected chi connectivity index (χ2v) is 4.58. The van der Waals surface area contributed by atoms with E-state index in [9.17, 15) is 14.0 Å². The molecule has 5 nitrogen and oxygen atoms in total. The SMILES string of the molecule is CC(C)CNC(=O)CNC(=O)c1cccc(F)c1N. The topological polar surface area (TPSA) is 84.2 Å². The second-order valence-electron chi connectivity index (χ2n) is 4.58. The van der Waals surface area contributed by atoms with E-state index in [1.165, 1.54) is 18.2 Å². The fourth-order valence-corrected chi connectivity index (χ4v) is 1.37. The van der Waals surface area contributed by atoms with Crippen LogP contribution in [0.3, 0.4) is 0 Å². The van der Waals surface area contributed by atoms with Crippen molar-refractivity contribution >= 4 is 17.5 Å². The van der Waals surface area contributed by atoms with Crippen molar-refractivity contribution in [2.24, 2.45) is 5.92 Å². The molecule has 0 bridgehead atoms. The van der Waals surface area contributed by atoms with Crippen LogP contribution in [0.1, 0.15) is 24.2 Å². The van der Waals surface area contributed by atoms with Crippen LogP contribution in [-0.4, -0.2) is 24.9 Å². The average molecular weight is 267 g/mol. The van der Waals surface area contributed by atoms with E-state index in [1.807, 2.05) is 13.8 Å². The van der Waals surface area contributed by atoms with Crippen molar-refractivity contribution in [1.29, 1.82) is 0 Å². The van der Waals surface area contributed by atoms with Gasteiger partial charge in [-0.15, -0.1) is 0 Å². The smallest absolute Gasteiger partial charge is 0.253 e. The normalized spacial score (nSPS) is 10.3. The van der Waals surface area contributed by atoms with Gasteiger partial charge in [0, 0.05) is 6.54 Å². The van der Waals surface area contributed by atoms with Crippen LogP contribution in [0.15, 0.2) is 18.2 Å². The molecule has 0 saturated heterocycles. The molecule has 0 saturated carbocycles. The molecule has 6 heteroatoms. The van der Waals surface area contributed by atoms with E-state index >= 15 is 0 Å². The van der Waals surface area contributed by atoms with E-state index in [4.69, 9.17) is 5.73 Å². The maximum absolute atomic E-state index is 13.2. The van der Waals surface area contributed by atoms with E-state index in [-0.39, 0.29) is 23.7 Å². The highest BCUT2D eigenvalue weighted by molar-refractivity contribution is 6.00. The van der Waals surface area contributed by atoms with Crippen LogP contribution in [0, 0.1) is 11.7 Å². The van der Waals surface area contributed by atoms with Gasteiger partial charge in [-0.05, 0) is 18.1 Å². The molecule has 104 valence electrons. The lowest BCUT2D eigenvalue weighted by molar-refractivity contribution is -0.120. The third-order valence-electron chi connectivity index (χ3n) is 2.41. The van der Waals surface area contributed by atoms with Crippen LogP contribution in [0.4, 0.5) is 10.1 Å². The molecule has 0 aliphatic heterocycles. The number of rotatable bonds is 5. The predicted molar refractivity (Wildman–Crippen MR) is 71.0 cm³/mol. The number of benzene rings is 1. The highest BCUT2D eigenvalue weighted by Gasteiger charge is 2.13. The first-order valence-electron chi connectivity index (χ1n) is 6.00. The van der Waals surface area contributed by atoms with Gasteiger partial charge in [-0.25, -0.2) is 4.39 Å². The van der Waals surface area contributed by atoms with Crippen molar-refractivity contribution in [2.75, 3.05) is 18.8 Å². The molecule has 1 aromatic rings. The molecule has 0 aliphatic rings. The van der Waals surface area contributed by atoms with Crippen molar-refractivity contribution in [2.45, 2.75) is 13.8 Å². The molecule has 0 atom stereocenters. The Balaban J connectivity index is 2.52.